The number of hydrogen-bond acceptors (Lipinski definition) is 7. The van der Waals surface area contributed by atoms with E-state index in [-0.39, 0.29) is 0 Å². The lowest BCUT2D eigenvalue weighted by Crippen LogP contribution is -2.21. The molecule has 26 heavy (non-hydrogen) atoms. The van der Waals surface area contributed by atoms with E-state index in [4.69, 9.17) is 5.26 Å². The predicted molar refractivity (Wildman–Crippen MR) is 101 cm³/mol. The van der Waals surface area contributed by atoms with Crippen LogP contribution in [0.5, 0.6) is 0 Å². The highest BCUT2D eigenvalue weighted by Crippen LogP contribution is 2.28. The summed E-state index contributed by atoms with van der Waals surface area (Å²) in [5.74, 6) is 0.792. The van der Waals surface area contributed by atoms with Crippen molar-refractivity contribution in [1.29, 1.82) is 5.26 Å². The molecule has 0 spiro atoms. The first-order chi connectivity index (χ1) is 12.7. The molecule has 3 rings (SSSR count). The molecule has 8 heteroatoms. The van der Waals surface area contributed by atoms with Crippen LogP contribution in [0, 0.1) is 11.3 Å². The van der Waals surface area contributed by atoms with Gasteiger partial charge in [-0.1, -0.05) is 0 Å². The molecule has 0 aliphatic carbocycles. The van der Waals surface area contributed by atoms with Gasteiger partial charge in [0.1, 0.15) is 11.1 Å². The molecular weight excluding hydrogens is 346 g/mol. The molecule has 0 saturated carbocycles. The van der Waals surface area contributed by atoms with E-state index in [0.29, 0.717) is 15.9 Å². The summed E-state index contributed by atoms with van der Waals surface area (Å²) in [7, 11) is 1.92. The highest BCUT2D eigenvalue weighted by atomic mass is 32.2. The number of aromatic nitrogens is 5. The molecular formula is C18H19N7S. The fraction of sp³-hybridized carbons (Fsp3) is 0.278. The zero-order valence-electron chi connectivity index (χ0n) is 14.9. The summed E-state index contributed by atoms with van der Waals surface area (Å²) in [5.41, 5.74) is 2.50. The Morgan fingerprint density at radius 1 is 1.00 bits per heavy atom. The second kappa shape index (κ2) is 7.97. The Kier molecular flexibility index (Phi) is 5.49. The molecule has 0 saturated heterocycles. The SMILES string of the molecule is CCN(CC)c1ccc(-c2nnc(Sc3ccc(C#N)nn3)n2C)cc1. The summed E-state index contributed by atoms with van der Waals surface area (Å²) in [5, 5.41) is 26.6. The summed E-state index contributed by atoms with van der Waals surface area (Å²) < 4.78 is 1.93. The smallest absolute Gasteiger partial charge is 0.197 e. The van der Waals surface area contributed by atoms with E-state index in [2.05, 4.69) is 63.4 Å². The second-order valence-electron chi connectivity index (χ2n) is 5.56. The zero-order valence-corrected chi connectivity index (χ0v) is 15.7. The lowest BCUT2D eigenvalue weighted by molar-refractivity contribution is 0.789. The monoisotopic (exact) mass is 365 g/mol. The van der Waals surface area contributed by atoms with Crippen LogP contribution < -0.4 is 4.90 Å². The van der Waals surface area contributed by atoms with Crippen molar-refractivity contribution in [2.24, 2.45) is 7.05 Å². The average molecular weight is 365 g/mol. The average Bonchev–Trinajstić information content (AvgIpc) is 3.04. The third-order valence-electron chi connectivity index (χ3n) is 4.04. The molecule has 2 heterocycles. The van der Waals surface area contributed by atoms with Crippen molar-refractivity contribution >= 4 is 17.4 Å². The van der Waals surface area contributed by atoms with Crippen LogP contribution in [0.1, 0.15) is 19.5 Å². The Bertz CT molecular complexity index is 906. The molecule has 7 nitrogen and oxygen atoms in total. The van der Waals surface area contributed by atoms with Gasteiger partial charge in [0.15, 0.2) is 16.7 Å². The van der Waals surface area contributed by atoms with Crippen molar-refractivity contribution in [2.45, 2.75) is 24.0 Å². The van der Waals surface area contributed by atoms with Gasteiger partial charge < -0.3 is 9.47 Å². The standard InChI is InChI=1S/C18H19N7S/c1-4-25(5-2)15-9-6-13(7-10-15)17-22-23-18(24(17)3)26-16-11-8-14(12-19)20-21-16/h6-11H,4-5H2,1-3H3. The Labute approximate surface area is 156 Å². The van der Waals surface area contributed by atoms with Gasteiger partial charge in [-0.2, -0.15) is 5.26 Å². The quantitative estimate of drug-likeness (QED) is 0.663. The van der Waals surface area contributed by atoms with Crippen molar-refractivity contribution in [3.63, 3.8) is 0 Å². The Morgan fingerprint density at radius 3 is 2.31 bits per heavy atom. The predicted octanol–water partition coefficient (Wildman–Crippen LogP) is 3.14. The molecule has 0 fully saturated rings. The normalized spacial score (nSPS) is 10.5. The largest absolute Gasteiger partial charge is 0.372 e. The molecule has 2 aromatic heterocycles. The summed E-state index contributed by atoms with van der Waals surface area (Å²) >= 11 is 1.36. The third kappa shape index (κ3) is 3.68. The van der Waals surface area contributed by atoms with Gasteiger partial charge in [0, 0.05) is 31.4 Å². The summed E-state index contributed by atoms with van der Waals surface area (Å²) in [6.45, 7) is 6.25. The van der Waals surface area contributed by atoms with Gasteiger partial charge in [-0.15, -0.1) is 20.4 Å². The highest BCUT2D eigenvalue weighted by molar-refractivity contribution is 7.99. The minimum Gasteiger partial charge on any atom is -0.372 e. The molecule has 0 aliphatic heterocycles. The number of nitriles is 1. The molecule has 0 bridgehead atoms. The molecule has 0 aliphatic rings. The maximum absolute atomic E-state index is 8.79. The van der Waals surface area contributed by atoms with Crippen LogP contribution in [0.4, 0.5) is 5.69 Å². The van der Waals surface area contributed by atoms with Crippen LogP contribution in [0.3, 0.4) is 0 Å². The van der Waals surface area contributed by atoms with Gasteiger partial charge in [-0.05, 0) is 62.0 Å². The minimum atomic E-state index is 0.293. The van der Waals surface area contributed by atoms with Crippen molar-refractivity contribution in [3.05, 3.63) is 42.1 Å². The molecule has 0 atom stereocenters. The fourth-order valence-corrected chi connectivity index (χ4v) is 3.30. The lowest BCUT2D eigenvalue weighted by Gasteiger charge is -2.21. The van der Waals surface area contributed by atoms with Crippen molar-refractivity contribution in [2.75, 3.05) is 18.0 Å². The first-order valence-electron chi connectivity index (χ1n) is 8.32. The third-order valence-corrected chi connectivity index (χ3v) is 5.00. The van der Waals surface area contributed by atoms with Gasteiger partial charge >= 0.3 is 0 Å². The molecule has 0 N–H and O–H groups in total. The van der Waals surface area contributed by atoms with Gasteiger partial charge in [-0.3, -0.25) is 0 Å². The summed E-state index contributed by atoms with van der Waals surface area (Å²) in [6.07, 6.45) is 0. The number of benzene rings is 1. The number of hydrogen-bond donors (Lipinski definition) is 0. The maximum atomic E-state index is 8.79. The van der Waals surface area contributed by atoms with E-state index in [1.165, 1.54) is 17.4 Å². The maximum Gasteiger partial charge on any atom is 0.197 e. The van der Waals surface area contributed by atoms with Crippen molar-refractivity contribution in [1.82, 2.24) is 25.0 Å². The van der Waals surface area contributed by atoms with Gasteiger partial charge in [0.2, 0.25) is 0 Å². The van der Waals surface area contributed by atoms with Crippen LogP contribution in [0.25, 0.3) is 11.4 Å². The van der Waals surface area contributed by atoms with E-state index < -0.39 is 0 Å². The van der Waals surface area contributed by atoms with Gasteiger partial charge in [0.05, 0.1) is 0 Å². The zero-order chi connectivity index (χ0) is 18.5. The van der Waals surface area contributed by atoms with Crippen molar-refractivity contribution < 1.29 is 0 Å². The molecule has 132 valence electrons. The Hall–Kier alpha value is -2.92. The van der Waals surface area contributed by atoms with E-state index in [0.717, 1.165) is 24.5 Å². The topological polar surface area (TPSA) is 83.5 Å². The van der Waals surface area contributed by atoms with E-state index >= 15 is 0 Å². The first kappa shape index (κ1) is 17.9. The summed E-state index contributed by atoms with van der Waals surface area (Å²) in [4.78, 5) is 2.30. The minimum absolute atomic E-state index is 0.293. The van der Waals surface area contributed by atoms with Crippen LogP contribution >= 0.6 is 11.8 Å². The number of anilines is 1. The lowest BCUT2D eigenvalue weighted by atomic mass is 10.2. The van der Waals surface area contributed by atoms with Crippen LogP contribution in [0.2, 0.25) is 0 Å². The van der Waals surface area contributed by atoms with Crippen LogP contribution in [-0.2, 0) is 7.05 Å². The molecule has 0 amide bonds. The molecule has 3 aromatic rings. The Balaban J connectivity index is 1.81. The fourth-order valence-electron chi connectivity index (χ4n) is 2.59. The molecule has 1 aromatic carbocycles. The van der Waals surface area contributed by atoms with E-state index in [9.17, 15) is 0 Å². The molecule has 0 unspecified atom stereocenters. The van der Waals surface area contributed by atoms with Crippen LogP contribution in [0.15, 0.2) is 46.6 Å². The highest BCUT2D eigenvalue weighted by Gasteiger charge is 2.13. The van der Waals surface area contributed by atoms with Gasteiger partial charge in [-0.25, -0.2) is 0 Å². The van der Waals surface area contributed by atoms with Crippen molar-refractivity contribution in [3.8, 4) is 17.5 Å². The number of rotatable bonds is 6. The first-order valence-corrected chi connectivity index (χ1v) is 9.14. The van der Waals surface area contributed by atoms with Gasteiger partial charge in [0.25, 0.3) is 0 Å². The van der Waals surface area contributed by atoms with E-state index in [1.54, 1.807) is 12.1 Å². The van der Waals surface area contributed by atoms with Crippen LogP contribution in [-0.4, -0.2) is 38.1 Å². The number of nitrogens with zero attached hydrogens (tertiary/aromatic N) is 7. The Morgan fingerprint density at radius 2 is 1.73 bits per heavy atom. The van der Waals surface area contributed by atoms with E-state index in [1.807, 2.05) is 17.7 Å². The second-order valence-corrected chi connectivity index (χ2v) is 6.54. The summed E-state index contributed by atoms with van der Waals surface area (Å²) in [6, 6.07) is 13.7. The molecule has 0 radical (unpaired) electrons.